The lowest BCUT2D eigenvalue weighted by molar-refractivity contribution is -0.312. The van der Waals surface area contributed by atoms with Crippen LogP contribution in [0, 0.1) is 22.7 Å². The second-order valence-electron chi connectivity index (χ2n) is 15.5. The number of carbonyl (C=O) groups is 2. The second kappa shape index (κ2) is 10.2. The monoisotopic (exact) mass is 632 g/mol. The summed E-state index contributed by atoms with van der Waals surface area (Å²) in [4.78, 5) is 27.0. The van der Waals surface area contributed by atoms with Crippen LogP contribution in [-0.4, -0.2) is 104 Å². The van der Waals surface area contributed by atoms with Gasteiger partial charge in [-0.3, -0.25) is 4.79 Å². The molecule has 7 aliphatic rings. The molecule has 2 bridgehead atoms. The van der Waals surface area contributed by atoms with Crippen LogP contribution in [0.15, 0.2) is 22.8 Å². The van der Waals surface area contributed by atoms with Crippen molar-refractivity contribution in [2.24, 2.45) is 22.7 Å². The summed E-state index contributed by atoms with van der Waals surface area (Å²) in [5.41, 5.74) is -1.81. The summed E-state index contributed by atoms with van der Waals surface area (Å²) in [6, 6.07) is 0. The summed E-state index contributed by atoms with van der Waals surface area (Å²) in [6.45, 7) is 9.22. The van der Waals surface area contributed by atoms with Gasteiger partial charge in [-0.05, 0) is 78.1 Å². The Morgan fingerprint density at radius 2 is 1.69 bits per heavy atom. The fourth-order valence-corrected chi connectivity index (χ4v) is 10.9. The van der Waals surface area contributed by atoms with E-state index in [0.717, 1.165) is 17.6 Å². The topological polar surface area (TPSA) is 172 Å². The first-order valence-electron chi connectivity index (χ1n) is 16.6. The summed E-state index contributed by atoms with van der Waals surface area (Å²) in [5, 5.41) is 53.1. The van der Waals surface area contributed by atoms with Crippen molar-refractivity contribution in [2.45, 2.75) is 146 Å². The van der Waals surface area contributed by atoms with E-state index in [2.05, 4.69) is 13.0 Å². The lowest BCUT2D eigenvalue weighted by Crippen LogP contribution is -2.63. The van der Waals surface area contributed by atoms with Crippen LogP contribution >= 0.6 is 0 Å². The van der Waals surface area contributed by atoms with Gasteiger partial charge >= 0.3 is 5.97 Å². The molecule has 0 aromatic heterocycles. The maximum absolute atomic E-state index is 14.2. The summed E-state index contributed by atoms with van der Waals surface area (Å²) < 4.78 is 24.8. The molecule has 0 aromatic rings. The zero-order valence-electron chi connectivity index (χ0n) is 26.8. The van der Waals surface area contributed by atoms with E-state index in [1.807, 2.05) is 20.8 Å². The van der Waals surface area contributed by atoms with Gasteiger partial charge in [-0.15, -0.1) is 0 Å². The average Bonchev–Trinajstić information content (AvgIpc) is 3.32. The Morgan fingerprint density at radius 3 is 2.38 bits per heavy atom. The predicted octanol–water partition coefficient (Wildman–Crippen LogP) is 1.61. The first-order valence-corrected chi connectivity index (χ1v) is 16.6. The van der Waals surface area contributed by atoms with Gasteiger partial charge in [0.05, 0.1) is 23.7 Å². The summed E-state index contributed by atoms with van der Waals surface area (Å²) >= 11 is 0. The SMILES string of the molecule is CC1=C(C)C(=O)O[C@@H]([C@]2(C)O[C@@]34CC[C@]2(O)[C@@]3(C)CC[C@H]2[C@H]4CC=C3C[C@@H](O[C@@H]4O[C@H](CO)[C@@H](O)[C@H](O)[C@H]4O)CC(=O)[C@@]32C)C1. The minimum absolute atomic E-state index is 0.0197. The van der Waals surface area contributed by atoms with Crippen LogP contribution in [-0.2, 0) is 28.5 Å². The number of Topliss-reactive ketones (excluding diaryl/α,β-unsaturated/α-hetero) is 1. The lowest BCUT2D eigenvalue weighted by Gasteiger charge is -2.60. The highest BCUT2D eigenvalue weighted by atomic mass is 16.7. The van der Waals surface area contributed by atoms with Crippen molar-refractivity contribution in [1.29, 1.82) is 0 Å². The molecule has 0 amide bonds. The summed E-state index contributed by atoms with van der Waals surface area (Å²) in [7, 11) is 0. The van der Waals surface area contributed by atoms with E-state index in [1.54, 1.807) is 6.92 Å². The Labute approximate surface area is 263 Å². The molecule has 3 aliphatic heterocycles. The number of ether oxygens (including phenoxy) is 4. The largest absolute Gasteiger partial charge is 0.455 e. The van der Waals surface area contributed by atoms with E-state index in [1.165, 1.54) is 0 Å². The van der Waals surface area contributed by atoms with E-state index in [9.17, 15) is 35.1 Å². The molecule has 0 unspecified atom stereocenters. The van der Waals surface area contributed by atoms with Crippen molar-refractivity contribution in [2.75, 3.05) is 6.61 Å². The fraction of sp³-hybridized carbons (Fsp3) is 0.824. The third-order valence-corrected chi connectivity index (χ3v) is 13.9. The van der Waals surface area contributed by atoms with Crippen LogP contribution in [0.5, 0.6) is 0 Å². The molecule has 4 aliphatic carbocycles. The van der Waals surface area contributed by atoms with E-state index >= 15 is 0 Å². The highest BCUT2D eigenvalue weighted by molar-refractivity contribution is 5.90. The Balaban J connectivity index is 1.17. The van der Waals surface area contributed by atoms with E-state index < -0.39 is 77.2 Å². The van der Waals surface area contributed by atoms with E-state index in [0.29, 0.717) is 44.1 Å². The number of allylic oxidation sites excluding steroid dienone is 1. The molecular formula is C34H48O11. The molecular weight excluding hydrogens is 584 g/mol. The number of cyclic esters (lactones) is 1. The van der Waals surface area contributed by atoms with Crippen LogP contribution < -0.4 is 0 Å². The van der Waals surface area contributed by atoms with Crippen LogP contribution in [0.25, 0.3) is 0 Å². The van der Waals surface area contributed by atoms with Crippen molar-refractivity contribution < 1.29 is 54.1 Å². The number of esters is 1. The molecule has 0 aromatic carbocycles. The molecule has 5 fully saturated rings. The standard InChI is InChI=1S/C34H48O11/c1-16-12-24(44-28(40)17(16)2)32(5)34(41)11-10-33(45-32)21-7-6-18-13-19(42-29-27(39)26(38)25(37)22(15-35)43-29)14-23(36)31(18,4)20(21)8-9-30(33,34)3/h6,19-22,24-27,29,35,37-39,41H,7-15H2,1-5H3/t19-,20+,21-,22-,24-,25-,26+,27-,29-,30+,31+,32+,33-,34+/m1/s1. The zero-order chi connectivity index (χ0) is 32.5. The van der Waals surface area contributed by atoms with Crippen LogP contribution in [0.2, 0.25) is 0 Å². The number of fused-ring (bicyclic) bond motifs is 3. The Bertz CT molecular complexity index is 1360. The molecule has 0 radical (unpaired) electrons. The molecule has 14 atom stereocenters. The van der Waals surface area contributed by atoms with Crippen molar-refractivity contribution in [3.05, 3.63) is 22.8 Å². The lowest BCUT2D eigenvalue weighted by atomic mass is 9.45. The molecule has 7 rings (SSSR count). The average molecular weight is 633 g/mol. The summed E-state index contributed by atoms with van der Waals surface area (Å²) in [6.07, 6.45) is -1.73. The minimum atomic E-state index is -1.56. The van der Waals surface area contributed by atoms with Crippen molar-refractivity contribution in [3.63, 3.8) is 0 Å². The third-order valence-electron chi connectivity index (χ3n) is 13.9. The van der Waals surface area contributed by atoms with Gasteiger partial charge in [-0.25, -0.2) is 4.79 Å². The molecule has 11 nitrogen and oxygen atoms in total. The molecule has 3 heterocycles. The van der Waals surface area contributed by atoms with Crippen LogP contribution in [0.1, 0.15) is 86.0 Å². The molecule has 3 saturated carbocycles. The van der Waals surface area contributed by atoms with Gasteiger partial charge < -0.3 is 44.5 Å². The van der Waals surface area contributed by atoms with Crippen molar-refractivity contribution >= 4 is 11.8 Å². The van der Waals surface area contributed by atoms with E-state index in [4.69, 9.17) is 18.9 Å². The number of carbonyl (C=O) groups excluding carboxylic acids is 2. The van der Waals surface area contributed by atoms with Gasteiger partial charge in [-0.1, -0.05) is 24.1 Å². The number of hydrogen-bond acceptors (Lipinski definition) is 11. The van der Waals surface area contributed by atoms with Gasteiger partial charge in [0.15, 0.2) is 6.29 Å². The zero-order valence-corrected chi connectivity index (χ0v) is 26.8. The number of aliphatic hydroxyl groups is 5. The molecule has 5 N–H and O–H groups in total. The van der Waals surface area contributed by atoms with Gasteiger partial charge in [0.25, 0.3) is 0 Å². The summed E-state index contributed by atoms with van der Waals surface area (Å²) in [5.74, 6) is -0.385. The highest BCUT2D eigenvalue weighted by Crippen LogP contribution is 2.77. The number of ketones is 1. The number of hydrogen-bond donors (Lipinski definition) is 5. The van der Waals surface area contributed by atoms with Gasteiger partial charge in [0.2, 0.25) is 0 Å². The number of rotatable bonds is 4. The molecule has 250 valence electrons. The van der Waals surface area contributed by atoms with Gasteiger partial charge in [-0.2, -0.15) is 0 Å². The molecule has 0 spiro atoms. The first-order chi connectivity index (χ1) is 21.1. The third kappa shape index (κ3) is 3.87. The van der Waals surface area contributed by atoms with Crippen LogP contribution in [0.4, 0.5) is 0 Å². The molecule has 11 heteroatoms. The fourth-order valence-electron chi connectivity index (χ4n) is 10.9. The maximum Gasteiger partial charge on any atom is 0.334 e. The smallest absolute Gasteiger partial charge is 0.334 e. The highest BCUT2D eigenvalue weighted by Gasteiger charge is 2.84. The van der Waals surface area contributed by atoms with Crippen molar-refractivity contribution in [3.8, 4) is 0 Å². The molecule has 2 saturated heterocycles. The Morgan fingerprint density at radius 1 is 0.956 bits per heavy atom. The van der Waals surface area contributed by atoms with Crippen LogP contribution in [0.3, 0.4) is 0 Å². The predicted molar refractivity (Wildman–Crippen MR) is 157 cm³/mol. The maximum atomic E-state index is 14.2. The van der Waals surface area contributed by atoms with Crippen molar-refractivity contribution in [1.82, 2.24) is 0 Å². The normalized spacial score (nSPS) is 54.3. The number of aliphatic hydroxyl groups excluding tert-OH is 4. The van der Waals surface area contributed by atoms with E-state index in [-0.39, 0.29) is 30.0 Å². The van der Waals surface area contributed by atoms with Gasteiger partial charge in [0, 0.05) is 23.8 Å². The Hall–Kier alpha value is -1.70. The minimum Gasteiger partial charge on any atom is -0.455 e. The quantitative estimate of drug-likeness (QED) is 0.225. The first kappa shape index (κ1) is 31.9. The molecule has 45 heavy (non-hydrogen) atoms. The second-order valence-corrected chi connectivity index (χ2v) is 15.5. The Kier molecular flexibility index (Phi) is 7.19. The van der Waals surface area contributed by atoms with Gasteiger partial charge in [0.1, 0.15) is 47.5 Å².